The fourth-order valence-corrected chi connectivity index (χ4v) is 4.68. The number of carbonyl (C=O) groups excluding carboxylic acids is 1. The molecule has 0 spiro atoms. The highest BCUT2D eigenvalue weighted by atomic mass is 35.5. The van der Waals surface area contributed by atoms with Gasteiger partial charge in [0.25, 0.3) is 0 Å². The largest absolute Gasteiger partial charge is 0.302 e. The van der Waals surface area contributed by atoms with Crippen molar-refractivity contribution in [3.8, 4) is 0 Å². The van der Waals surface area contributed by atoms with Crippen molar-refractivity contribution in [2.24, 2.45) is 11.3 Å². The molecule has 1 amide bonds. The van der Waals surface area contributed by atoms with Crippen molar-refractivity contribution in [3.05, 3.63) is 45.4 Å². The van der Waals surface area contributed by atoms with Crippen molar-refractivity contribution in [3.63, 3.8) is 0 Å². The second-order valence-corrected chi connectivity index (χ2v) is 9.74. The molecule has 1 aromatic carbocycles. The number of thiazole rings is 1. The summed E-state index contributed by atoms with van der Waals surface area (Å²) < 4.78 is 0. The number of carbonyl (C=O) groups is 1. The summed E-state index contributed by atoms with van der Waals surface area (Å²) in [5.74, 6) is 0.746. The highest BCUT2D eigenvalue weighted by molar-refractivity contribution is 7.15. The number of hydrogen-bond donors (Lipinski definition) is 1. The molecule has 1 unspecified atom stereocenters. The Balaban J connectivity index is 1.49. The smallest absolute Gasteiger partial charge is 0.226 e. The number of fused-ring (bicyclic) bond motifs is 1. The first kappa shape index (κ1) is 19.4. The standard InChI is InChI=1S/C21H27ClN2OS/c1-21(2,3)15-9-12-17-18(13-15)26-20(23-17)24-19(25)6-4-5-14-7-10-16(22)11-8-14/h7-8,10-11,15H,4-6,9,12-13H2,1-3H3,(H,23,24,25). The molecule has 0 radical (unpaired) electrons. The lowest BCUT2D eigenvalue weighted by Crippen LogP contribution is -2.26. The summed E-state index contributed by atoms with van der Waals surface area (Å²) in [5.41, 5.74) is 2.72. The molecule has 5 heteroatoms. The van der Waals surface area contributed by atoms with Crippen molar-refractivity contribution in [2.75, 3.05) is 5.32 Å². The van der Waals surface area contributed by atoms with E-state index in [1.807, 2.05) is 24.3 Å². The number of nitrogens with one attached hydrogen (secondary N) is 1. The van der Waals surface area contributed by atoms with Gasteiger partial charge in [-0.25, -0.2) is 4.98 Å². The molecule has 0 bridgehead atoms. The van der Waals surface area contributed by atoms with Crippen LogP contribution >= 0.6 is 22.9 Å². The van der Waals surface area contributed by atoms with Gasteiger partial charge in [0.2, 0.25) is 5.91 Å². The van der Waals surface area contributed by atoms with Crippen LogP contribution in [0.3, 0.4) is 0 Å². The van der Waals surface area contributed by atoms with Gasteiger partial charge < -0.3 is 5.32 Å². The molecule has 0 aliphatic heterocycles. The molecule has 3 nitrogen and oxygen atoms in total. The highest BCUT2D eigenvalue weighted by Crippen LogP contribution is 2.40. The first-order valence-electron chi connectivity index (χ1n) is 9.34. The Labute approximate surface area is 165 Å². The molecule has 2 aromatic rings. The fourth-order valence-electron chi connectivity index (χ4n) is 3.45. The molecule has 0 fully saturated rings. The van der Waals surface area contributed by atoms with Gasteiger partial charge in [0.05, 0.1) is 5.69 Å². The summed E-state index contributed by atoms with van der Waals surface area (Å²) in [6.07, 6.45) is 5.52. The summed E-state index contributed by atoms with van der Waals surface area (Å²) in [7, 11) is 0. The number of nitrogens with zero attached hydrogens (tertiary/aromatic N) is 1. The van der Waals surface area contributed by atoms with E-state index in [0.717, 1.165) is 35.8 Å². The maximum Gasteiger partial charge on any atom is 0.226 e. The third-order valence-corrected chi connectivity index (χ3v) is 6.48. The van der Waals surface area contributed by atoms with E-state index in [4.69, 9.17) is 11.6 Å². The maximum absolute atomic E-state index is 12.2. The minimum atomic E-state index is 0.0532. The van der Waals surface area contributed by atoms with E-state index in [1.165, 1.54) is 22.6 Å². The van der Waals surface area contributed by atoms with Crippen molar-refractivity contribution in [1.29, 1.82) is 0 Å². The summed E-state index contributed by atoms with van der Waals surface area (Å²) >= 11 is 7.55. The van der Waals surface area contributed by atoms with Crippen LogP contribution in [0.2, 0.25) is 5.02 Å². The van der Waals surface area contributed by atoms with Gasteiger partial charge in [-0.1, -0.05) is 44.5 Å². The van der Waals surface area contributed by atoms with E-state index in [1.54, 1.807) is 11.3 Å². The van der Waals surface area contributed by atoms with Gasteiger partial charge in [0, 0.05) is 16.3 Å². The zero-order valence-electron chi connectivity index (χ0n) is 15.8. The van der Waals surface area contributed by atoms with E-state index in [2.05, 4.69) is 31.1 Å². The minimum Gasteiger partial charge on any atom is -0.302 e. The molecule has 1 N–H and O–H groups in total. The number of aromatic nitrogens is 1. The molecule has 0 saturated carbocycles. The minimum absolute atomic E-state index is 0.0532. The number of rotatable bonds is 5. The van der Waals surface area contributed by atoms with Crippen molar-refractivity contribution < 1.29 is 4.79 Å². The molecule has 1 aliphatic carbocycles. The summed E-state index contributed by atoms with van der Waals surface area (Å²) in [4.78, 5) is 18.2. The Morgan fingerprint density at radius 1 is 1.31 bits per heavy atom. The summed E-state index contributed by atoms with van der Waals surface area (Å²) in [6, 6.07) is 7.81. The lowest BCUT2D eigenvalue weighted by molar-refractivity contribution is -0.116. The van der Waals surface area contributed by atoms with Gasteiger partial charge in [0.15, 0.2) is 5.13 Å². The van der Waals surface area contributed by atoms with Gasteiger partial charge in [-0.2, -0.15) is 0 Å². The Morgan fingerprint density at radius 3 is 2.73 bits per heavy atom. The molecule has 1 aliphatic rings. The highest BCUT2D eigenvalue weighted by Gasteiger charge is 2.30. The van der Waals surface area contributed by atoms with Crippen LogP contribution in [-0.4, -0.2) is 10.9 Å². The molecule has 1 heterocycles. The van der Waals surface area contributed by atoms with Crippen molar-refractivity contribution in [2.45, 2.75) is 59.3 Å². The van der Waals surface area contributed by atoms with E-state index in [0.29, 0.717) is 17.8 Å². The predicted octanol–water partition coefficient (Wildman–Crippen LogP) is 5.91. The molecular weight excluding hydrogens is 364 g/mol. The average molecular weight is 391 g/mol. The maximum atomic E-state index is 12.2. The third kappa shape index (κ3) is 5.08. The van der Waals surface area contributed by atoms with Crippen LogP contribution in [0.4, 0.5) is 5.13 Å². The number of amides is 1. The van der Waals surface area contributed by atoms with Crippen LogP contribution in [-0.2, 0) is 24.1 Å². The average Bonchev–Trinajstić information content (AvgIpc) is 2.97. The van der Waals surface area contributed by atoms with Crippen LogP contribution in [0.1, 0.15) is 56.2 Å². The monoisotopic (exact) mass is 390 g/mol. The number of aryl methyl sites for hydroxylation is 2. The second-order valence-electron chi connectivity index (χ2n) is 8.22. The first-order chi connectivity index (χ1) is 12.3. The molecule has 0 saturated heterocycles. The molecule has 1 aromatic heterocycles. The van der Waals surface area contributed by atoms with Gasteiger partial charge in [-0.05, 0) is 61.1 Å². The molecule has 140 valence electrons. The lowest BCUT2D eigenvalue weighted by atomic mass is 9.73. The van der Waals surface area contributed by atoms with Crippen LogP contribution in [0.25, 0.3) is 0 Å². The molecule has 1 atom stereocenters. The SMILES string of the molecule is CC(C)(C)C1CCc2nc(NC(=O)CCCc3ccc(Cl)cc3)sc2C1. The Hall–Kier alpha value is -1.39. The zero-order valence-corrected chi connectivity index (χ0v) is 17.3. The molecular formula is C21H27ClN2OS. The molecule has 26 heavy (non-hydrogen) atoms. The Morgan fingerprint density at radius 2 is 2.04 bits per heavy atom. The van der Waals surface area contributed by atoms with Crippen molar-refractivity contribution >= 4 is 34.0 Å². The number of halogens is 1. The Kier molecular flexibility index (Phi) is 6.03. The van der Waals surface area contributed by atoms with Gasteiger partial charge in [0.1, 0.15) is 0 Å². The normalized spacial score (nSPS) is 17.0. The van der Waals surface area contributed by atoms with Gasteiger partial charge in [-0.3, -0.25) is 4.79 Å². The fraction of sp³-hybridized carbons (Fsp3) is 0.524. The molecule has 3 rings (SSSR count). The van der Waals surface area contributed by atoms with Crippen LogP contribution in [0, 0.1) is 11.3 Å². The van der Waals surface area contributed by atoms with Crippen LogP contribution in [0.5, 0.6) is 0 Å². The summed E-state index contributed by atoms with van der Waals surface area (Å²) in [6.45, 7) is 6.94. The number of hydrogen-bond acceptors (Lipinski definition) is 3. The second kappa shape index (κ2) is 8.10. The first-order valence-corrected chi connectivity index (χ1v) is 10.5. The van der Waals surface area contributed by atoms with Crippen LogP contribution < -0.4 is 5.32 Å². The van der Waals surface area contributed by atoms with Gasteiger partial charge in [-0.15, -0.1) is 11.3 Å². The van der Waals surface area contributed by atoms with E-state index in [9.17, 15) is 4.79 Å². The number of anilines is 1. The lowest BCUT2D eigenvalue weighted by Gasteiger charge is -2.33. The Bertz CT molecular complexity index is 761. The number of benzene rings is 1. The zero-order chi connectivity index (χ0) is 18.7. The topological polar surface area (TPSA) is 42.0 Å². The quantitative estimate of drug-likeness (QED) is 0.689. The van der Waals surface area contributed by atoms with E-state index in [-0.39, 0.29) is 5.91 Å². The third-order valence-electron chi connectivity index (χ3n) is 5.19. The van der Waals surface area contributed by atoms with Crippen molar-refractivity contribution in [1.82, 2.24) is 4.98 Å². The van der Waals surface area contributed by atoms with Crippen LogP contribution in [0.15, 0.2) is 24.3 Å². The summed E-state index contributed by atoms with van der Waals surface area (Å²) in [5, 5.41) is 4.50. The van der Waals surface area contributed by atoms with Gasteiger partial charge >= 0.3 is 0 Å². The van der Waals surface area contributed by atoms with E-state index >= 15 is 0 Å². The van der Waals surface area contributed by atoms with E-state index < -0.39 is 0 Å². The predicted molar refractivity (Wildman–Crippen MR) is 110 cm³/mol.